The van der Waals surface area contributed by atoms with Crippen LogP contribution >= 0.6 is 0 Å². The number of ether oxygens (including phenoxy) is 2. The van der Waals surface area contributed by atoms with Gasteiger partial charge < -0.3 is 19.7 Å². The topological polar surface area (TPSA) is 46.1 Å². The third-order valence-corrected chi connectivity index (χ3v) is 5.12. The maximum atomic E-state index is 6.05. The molecule has 0 aromatic heterocycles. The molecule has 3 rings (SSSR count). The van der Waals surface area contributed by atoms with Gasteiger partial charge in [0.15, 0.2) is 5.96 Å². The number of hydrogen-bond donors (Lipinski definition) is 1. The largest absolute Gasteiger partial charge is 0.378 e. The van der Waals surface area contributed by atoms with Gasteiger partial charge in [0, 0.05) is 26.7 Å². The summed E-state index contributed by atoms with van der Waals surface area (Å²) >= 11 is 0. The molecule has 5 heteroatoms. The zero-order chi connectivity index (χ0) is 17.6. The Kier molecular flexibility index (Phi) is 6.32. The van der Waals surface area contributed by atoms with Gasteiger partial charge in [-0.2, -0.15) is 0 Å². The Morgan fingerprint density at radius 2 is 2.16 bits per heavy atom. The van der Waals surface area contributed by atoms with E-state index in [1.807, 2.05) is 7.05 Å². The first-order valence-electron chi connectivity index (χ1n) is 9.43. The predicted molar refractivity (Wildman–Crippen MR) is 101 cm³/mol. The van der Waals surface area contributed by atoms with Gasteiger partial charge in [-0.3, -0.25) is 4.99 Å². The van der Waals surface area contributed by atoms with Crippen LogP contribution in [0.2, 0.25) is 0 Å². The highest BCUT2D eigenvalue weighted by Gasteiger charge is 2.25. The second-order valence-corrected chi connectivity index (χ2v) is 7.06. The number of nitrogens with one attached hydrogen (secondary N) is 1. The third-order valence-electron chi connectivity index (χ3n) is 5.12. The predicted octanol–water partition coefficient (Wildman–Crippen LogP) is 2.82. The molecule has 2 saturated heterocycles. The van der Waals surface area contributed by atoms with E-state index in [0.29, 0.717) is 6.10 Å². The van der Waals surface area contributed by atoms with E-state index in [1.165, 1.54) is 29.5 Å². The number of aliphatic imine (C=N–C) groups is 1. The number of nitrogens with zero attached hydrogens (tertiary/aromatic N) is 2. The van der Waals surface area contributed by atoms with Crippen LogP contribution in [0, 0.1) is 13.8 Å². The van der Waals surface area contributed by atoms with Crippen molar-refractivity contribution in [2.24, 2.45) is 4.99 Å². The molecule has 1 aromatic carbocycles. The van der Waals surface area contributed by atoms with Crippen LogP contribution in [-0.4, -0.2) is 56.9 Å². The van der Waals surface area contributed by atoms with Gasteiger partial charge >= 0.3 is 0 Å². The standard InChI is InChI=1S/C20H31N3O2/c1-15-6-7-18(16(2)13-15)19-14-23(10-12-25-19)20(21-3)22-9-8-17-5-4-11-24-17/h6-7,13,17,19H,4-5,8-12,14H2,1-3H3,(H,21,22). The molecule has 2 atom stereocenters. The quantitative estimate of drug-likeness (QED) is 0.673. The SMILES string of the molecule is CN=C(NCCC1CCCO1)N1CCOC(c2ccc(C)cc2C)C1. The van der Waals surface area contributed by atoms with E-state index in [9.17, 15) is 0 Å². The van der Waals surface area contributed by atoms with Crippen molar-refractivity contribution < 1.29 is 9.47 Å². The maximum Gasteiger partial charge on any atom is 0.193 e. The molecule has 0 bridgehead atoms. The fourth-order valence-corrected chi connectivity index (χ4v) is 3.77. The van der Waals surface area contributed by atoms with Gasteiger partial charge in [0.1, 0.15) is 6.10 Å². The van der Waals surface area contributed by atoms with Gasteiger partial charge in [0.25, 0.3) is 0 Å². The summed E-state index contributed by atoms with van der Waals surface area (Å²) in [4.78, 5) is 6.78. The lowest BCUT2D eigenvalue weighted by Gasteiger charge is -2.36. The summed E-state index contributed by atoms with van der Waals surface area (Å²) in [6.07, 6.45) is 3.95. The molecule has 2 heterocycles. The lowest BCUT2D eigenvalue weighted by molar-refractivity contribution is -0.00838. The van der Waals surface area contributed by atoms with Gasteiger partial charge in [-0.05, 0) is 44.2 Å². The van der Waals surface area contributed by atoms with Crippen molar-refractivity contribution in [2.45, 2.75) is 45.3 Å². The summed E-state index contributed by atoms with van der Waals surface area (Å²) in [6.45, 7) is 8.56. The lowest BCUT2D eigenvalue weighted by atomic mass is 10.00. The Morgan fingerprint density at radius 1 is 1.28 bits per heavy atom. The summed E-state index contributed by atoms with van der Waals surface area (Å²) in [5, 5.41) is 3.50. The smallest absolute Gasteiger partial charge is 0.193 e. The van der Waals surface area contributed by atoms with E-state index in [-0.39, 0.29) is 6.10 Å². The number of morpholine rings is 1. The molecule has 5 nitrogen and oxygen atoms in total. The van der Waals surface area contributed by atoms with E-state index in [4.69, 9.17) is 9.47 Å². The van der Waals surface area contributed by atoms with Crippen molar-refractivity contribution in [1.82, 2.24) is 10.2 Å². The number of benzene rings is 1. The molecular weight excluding hydrogens is 314 g/mol. The van der Waals surface area contributed by atoms with Crippen LogP contribution in [0.3, 0.4) is 0 Å². The molecule has 0 saturated carbocycles. The molecule has 0 amide bonds. The van der Waals surface area contributed by atoms with Crippen molar-refractivity contribution in [3.63, 3.8) is 0 Å². The van der Waals surface area contributed by atoms with Crippen LogP contribution in [-0.2, 0) is 9.47 Å². The normalized spacial score (nSPS) is 24.6. The fourth-order valence-electron chi connectivity index (χ4n) is 3.77. The van der Waals surface area contributed by atoms with Gasteiger partial charge in [-0.25, -0.2) is 0 Å². The molecule has 1 aromatic rings. The molecule has 2 unspecified atom stereocenters. The Hall–Kier alpha value is -1.59. The highest BCUT2D eigenvalue weighted by Crippen LogP contribution is 2.26. The average Bonchev–Trinajstić information content (AvgIpc) is 3.12. The van der Waals surface area contributed by atoms with Crippen LogP contribution in [0.5, 0.6) is 0 Å². The minimum atomic E-state index is 0.103. The van der Waals surface area contributed by atoms with E-state index < -0.39 is 0 Å². The first kappa shape index (κ1) is 18.2. The van der Waals surface area contributed by atoms with E-state index in [2.05, 4.69) is 47.3 Å². The number of rotatable bonds is 4. The van der Waals surface area contributed by atoms with Crippen LogP contribution in [0.25, 0.3) is 0 Å². The summed E-state index contributed by atoms with van der Waals surface area (Å²) < 4.78 is 11.7. The van der Waals surface area contributed by atoms with Gasteiger partial charge in [-0.15, -0.1) is 0 Å². The maximum absolute atomic E-state index is 6.05. The monoisotopic (exact) mass is 345 g/mol. The van der Waals surface area contributed by atoms with Crippen molar-refractivity contribution in [2.75, 3.05) is 39.9 Å². The Balaban J connectivity index is 1.57. The van der Waals surface area contributed by atoms with Gasteiger partial charge in [0.05, 0.1) is 19.3 Å². The first-order valence-corrected chi connectivity index (χ1v) is 9.43. The third kappa shape index (κ3) is 4.73. The number of aryl methyl sites for hydroxylation is 2. The average molecular weight is 345 g/mol. The van der Waals surface area contributed by atoms with E-state index in [1.54, 1.807) is 0 Å². The van der Waals surface area contributed by atoms with Crippen molar-refractivity contribution >= 4 is 5.96 Å². The lowest BCUT2D eigenvalue weighted by Crippen LogP contribution is -2.48. The highest BCUT2D eigenvalue weighted by atomic mass is 16.5. The summed E-state index contributed by atoms with van der Waals surface area (Å²) in [5.74, 6) is 0.969. The molecule has 0 aliphatic carbocycles. The molecule has 25 heavy (non-hydrogen) atoms. The Bertz CT molecular complexity index is 597. The first-order chi connectivity index (χ1) is 12.2. The number of hydrogen-bond acceptors (Lipinski definition) is 3. The zero-order valence-corrected chi connectivity index (χ0v) is 15.8. The van der Waals surface area contributed by atoms with E-state index >= 15 is 0 Å². The molecule has 138 valence electrons. The molecule has 0 spiro atoms. The van der Waals surface area contributed by atoms with Crippen LogP contribution in [0.4, 0.5) is 0 Å². The highest BCUT2D eigenvalue weighted by molar-refractivity contribution is 5.80. The second-order valence-electron chi connectivity index (χ2n) is 7.06. The molecule has 1 N–H and O–H groups in total. The molecular formula is C20H31N3O2. The van der Waals surface area contributed by atoms with Crippen LogP contribution in [0.1, 0.15) is 42.1 Å². The Morgan fingerprint density at radius 3 is 2.88 bits per heavy atom. The Labute approximate surface area is 151 Å². The summed E-state index contributed by atoms with van der Waals surface area (Å²) in [6, 6.07) is 6.60. The van der Waals surface area contributed by atoms with E-state index in [0.717, 1.165) is 45.2 Å². The minimum Gasteiger partial charge on any atom is -0.378 e. The van der Waals surface area contributed by atoms with Crippen molar-refractivity contribution in [3.8, 4) is 0 Å². The molecule has 2 aliphatic rings. The van der Waals surface area contributed by atoms with Gasteiger partial charge in [0.2, 0.25) is 0 Å². The summed E-state index contributed by atoms with van der Waals surface area (Å²) in [7, 11) is 1.86. The molecule has 2 fully saturated rings. The minimum absolute atomic E-state index is 0.103. The molecule has 0 radical (unpaired) electrons. The second kappa shape index (κ2) is 8.68. The molecule has 2 aliphatic heterocycles. The van der Waals surface area contributed by atoms with Crippen molar-refractivity contribution in [3.05, 3.63) is 34.9 Å². The summed E-state index contributed by atoms with van der Waals surface area (Å²) in [5.41, 5.74) is 3.87. The van der Waals surface area contributed by atoms with Crippen molar-refractivity contribution in [1.29, 1.82) is 0 Å². The fraction of sp³-hybridized carbons (Fsp3) is 0.650. The van der Waals surface area contributed by atoms with Crippen LogP contribution in [0.15, 0.2) is 23.2 Å². The van der Waals surface area contributed by atoms with Crippen LogP contribution < -0.4 is 5.32 Å². The van der Waals surface area contributed by atoms with Gasteiger partial charge in [-0.1, -0.05) is 23.8 Å². The zero-order valence-electron chi connectivity index (χ0n) is 15.8. The number of guanidine groups is 1.